The van der Waals surface area contributed by atoms with Crippen LogP contribution in [-0.4, -0.2) is 0 Å². The third kappa shape index (κ3) is 4.30. The molecular weight excluding hydrogens is 689 g/mol. The number of hydrogen-bond donors (Lipinski definition) is 0. The van der Waals surface area contributed by atoms with Gasteiger partial charge in [0, 0.05) is 40.3 Å². The highest BCUT2D eigenvalue weighted by Crippen LogP contribution is 2.49. The SMILES string of the molecule is c1ccc(-c2c3ccccc3c(-c3ccc(-c4cc5sc6cc7sc8ccccc8c7cc6c5c5ccccc45)c4ccccc34)c3ccccc23)cc1. The lowest BCUT2D eigenvalue weighted by molar-refractivity contribution is 1.66. The third-order valence-electron chi connectivity index (χ3n) is 11.5. The van der Waals surface area contributed by atoms with Crippen molar-refractivity contribution in [3.63, 3.8) is 0 Å². The van der Waals surface area contributed by atoms with Gasteiger partial charge in [0.05, 0.1) is 0 Å². The molecule has 2 heterocycles. The van der Waals surface area contributed by atoms with Gasteiger partial charge in [-0.3, -0.25) is 0 Å². The molecule has 10 aromatic carbocycles. The molecule has 0 N–H and O–H groups in total. The van der Waals surface area contributed by atoms with Gasteiger partial charge in [0.25, 0.3) is 0 Å². The molecule has 0 unspecified atom stereocenters. The van der Waals surface area contributed by atoms with E-state index >= 15 is 0 Å². The average Bonchev–Trinajstić information content (AvgIpc) is 3.78. The Bertz CT molecular complexity index is 3430. The maximum absolute atomic E-state index is 2.47. The van der Waals surface area contributed by atoms with Crippen LogP contribution in [0.5, 0.6) is 0 Å². The molecule has 0 aliphatic rings. The minimum absolute atomic E-state index is 1.24. The molecule has 0 aliphatic carbocycles. The molecule has 54 heavy (non-hydrogen) atoms. The summed E-state index contributed by atoms with van der Waals surface area (Å²) in [5, 5.41) is 15.7. The third-order valence-corrected chi connectivity index (χ3v) is 13.7. The van der Waals surface area contributed by atoms with Crippen LogP contribution in [0.1, 0.15) is 0 Å². The quantitative estimate of drug-likeness (QED) is 0.160. The van der Waals surface area contributed by atoms with E-state index in [-0.39, 0.29) is 0 Å². The van der Waals surface area contributed by atoms with Crippen LogP contribution >= 0.6 is 22.7 Å². The second-order valence-corrected chi connectivity index (χ2v) is 16.5. The minimum atomic E-state index is 1.24. The van der Waals surface area contributed by atoms with Gasteiger partial charge in [0.1, 0.15) is 0 Å². The first-order valence-electron chi connectivity index (χ1n) is 18.5. The largest absolute Gasteiger partial charge is 0.135 e. The van der Waals surface area contributed by atoms with Crippen molar-refractivity contribution in [2.45, 2.75) is 0 Å². The van der Waals surface area contributed by atoms with Gasteiger partial charge in [-0.25, -0.2) is 0 Å². The summed E-state index contributed by atoms with van der Waals surface area (Å²) in [6.45, 7) is 0. The molecule has 2 aromatic heterocycles. The van der Waals surface area contributed by atoms with Crippen molar-refractivity contribution in [2.75, 3.05) is 0 Å². The van der Waals surface area contributed by atoms with Crippen molar-refractivity contribution in [1.82, 2.24) is 0 Å². The van der Waals surface area contributed by atoms with E-state index in [0.29, 0.717) is 0 Å². The first-order valence-corrected chi connectivity index (χ1v) is 20.1. The molecular formula is C52H30S2. The fraction of sp³-hybridized carbons (Fsp3) is 0. The zero-order valence-corrected chi connectivity index (χ0v) is 30.8. The standard InChI is InChI=1S/C52H30S2/c1-2-14-31(15-3-1)50-38-21-8-10-23-40(38)51(41-24-11-9-22-39(41)50)42-27-26-35(32-16-4-5-17-33(32)42)43-29-49-52(37-20-7-6-18-34(37)43)45-28-44-36-19-12-13-25-46(36)53-47(44)30-48(45)54-49/h1-30H. The van der Waals surface area contributed by atoms with Crippen LogP contribution in [0.2, 0.25) is 0 Å². The van der Waals surface area contributed by atoms with Crippen LogP contribution in [0.4, 0.5) is 0 Å². The van der Waals surface area contributed by atoms with Crippen molar-refractivity contribution >= 4 is 106 Å². The van der Waals surface area contributed by atoms with Crippen molar-refractivity contribution in [3.8, 4) is 33.4 Å². The molecule has 12 rings (SSSR count). The normalized spacial score (nSPS) is 12.1. The predicted molar refractivity (Wildman–Crippen MR) is 239 cm³/mol. The molecule has 0 spiro atoms. The molecule has 2 heteroatoms. The molecule has 0 saturated heterocycles. The van der Waals surface area contributed by atoms with Gasteiger partial charge in [-0.05, 0) is 101 Å². The van der Waals surface area contributed by atoms with Crippen LogP contribution < -0.4 is 0 Å². The van der Waals surface area contributed by atoms with E-state index in [1.807, 2.05) is 22.7 Å². The Hall–Kier alpha value is -6.32. The Kier molecular flexibility index (Phi) is 6.48. The van der Waals surface area contributed by atoms with Gasteiger partial charge in [-0.1, -0.05) is 158 Å². The maximum atomic E-state index is 2.47. The van der Waals surface area contributed by atoms with Crippen molar-refractivity contribution in [2.24, 2.45) is 0 Å². The Balaban J connectivity index is 1.13. The van der Waals surface area contributed by atoms with Gasteiger partial charge in [-0.2, -0.15) is 0 Å². The summed E-state index contributed by atoms with van der Waals surface area (Å²) in [5.41, 5.74) is 7.65. The molecule has 0 radical (unpaired) electrons. The molecule has 0 amide bonds. The zero-order chi connectivity index (χ0) is 35.3. The molecule has 250 valence electrons. The first kappa shape index (κ1) is 30.2. The number of benzene rings is 10. The van der Waals surface area contributed by atoms with E-state index in [1.165, 1.54) is 117 Å². The highest BCUT2D eigenvalue weighted by molar-refractivity contribution is 7.28. The highest BCUT2D eigenvalue weighted by Gasteiger charge is 2.21. The number of hydrogen-bond acceptors (Lipinski definition) is 2. The summed E-state index contributed by atoms with van der Waals surface area (Å²) in [6.07, 6.45) is 0. The van der Waals surface area contributed by atoms with Gasteiger partial charge < -0.3 is 0 Å². The molecule has 0 fully saturated rings. The highest BCUT2D eigenvalue weighted by atomic mass is 32.1. The van der Waals surface area contributed by atoms with Crippen molar-refractivity contribution in [1.29, 1.82) is 0 Å². The van der Waals surface area contributed by atoms with Gasteiger partial charge in [0.2, 0.25) is 0 Å². The summed E-state index contributed by atoms with van der Waals surface area (Å²) in [6, 6.07) is 67.8. The second kappa shape index (κ2) is 11.6. The lowest BCUT2D eigenvalue weighted by Gasteiger charge is -2.20. The molecule has 0 nitrogen and oxygen atoms in total. The van der Waals surface area contributed by atoms with E-state index in [4.69, 9.17) is 0 Å². The topological polar surface area (TPSA) is 0 Å². The van der Waals surface area contributed by atoms with Gasteiger partial charge in [0.15, 0.2) is 0 Å². The van der Waals surface area contributed by atoms with E-state index in [2.05, 4.69) is 182 Å². The fourth-order valence-electron chi connectivity index (χ4n) is 9.17. The lowest BCUT2D eigenvalue weighted by atomic mass is 9.83. The Morgan fingerprint density at radius 2 is 0.722 bits per heavy atom. The van der Waals surface area contributed by atoms with Gasteiger partial charge >= 0.3 is 0 Å². The van der Waals surface area contributed by atoms with Crippen LogP contribution in [0, 0.1) is 0 Å². The second-order valence-electron chi connectivity index (χ2n) is 14.3. The smallest absolute Gasteiger partial charge is 0.0370 e. The van der Waals surface area contributed by atoms with E-state index in [9.17, 15) is 0 Å². The Labute approximate surface area is 319 Å². The Morgan fingerprint density at radius 3 is 1.41 bits per heavy atom. The maximum Gasteiger partial charge on any atom is 0.0370 e. The van der Waals surface area contributed by atoms with Gasteiger partial charge in [-0.15, -0.1) is 22.7 Å². The monoisotopic (exact) mass is 718 g/mol. The van der Waals surface area contributed by atoms with E-state index < -0.39 is 0 Å². The minimum Gasteiger partial charge on any atom is -0.135 e. The predicted octanol–water partition coefficient (Wildman–Crippen LogP) is 16.0. The summed E-state index contributed by atoms with van der Waals surface area (Å²) in [7, 11) is 0. The molecule has 0 aliphatic heterocycles. The Morgan fingerprint density at radius 1 is 0.241 bits per heavy atom. The number of fused-ring (bicyclic) bond motifs is 11. The van der Waals surface area contributed by atoms with Crippen molar-refractivity contribution < 1.29 is 0 Å². The van der Waals surface area contributed by atoms with Crippen molar-refractivity contribution in [3.05, 3.63) is 182 Å². The average molecular weight is 719 g/mol. The summed E-state index contributed by atoms with van der Waals surface area (Å²) < 4.78 is 5.40. The summed E-state index contributed by atoms with van der Waals surface area (Å²) in [4.78, 5) is 0. The zero-order valence-electron chi connectivity index (χ0n) is 29.1. The van der Waals surface area contributed by atoms with Crippen LogP contribution in [0.3, 0.4) is 0 Å². The van der Waals surface area contributed by atoms with E-state index in [0.717, 1.165) is 0 Å². The number of thiophene rings is 2. The van der Waals surface area contributed by atoms with E-state index in [1.54, 1.807) is 0 Å². The number of rotatable bonds is 3. The molecule has 0 bridgehead atoms. The van der Waals surface area contributed by atoms with Crippen LogP contribution in [0.15, 0.2) is 182 Å². The molecule has 0 saturated carbocycles. The van der Waals surface area contributed by atoms with Crippen LogP contribution in [-0.2, 0) is 0 Å². The molecule has 12 aromatic rings. The summed E-state index contributed by atoms with van der Waals surface area (Å²) in [5.74, 6) is 0. The van der Waals surface area contributed by atoms with Crippen LogP contribution in [0.25, 0.3) is 117 Å². The first-order chi connectivity index (χ1) is 26.8. The lowest BCUT2D eigenvalue weighted by Crippen LogP contribution is -1.92. The molecule has 0 atom stereocenters. The summed E-state index contributed by atoms with van der Waals surface area (Å²) >= 11 is 3.82. The fourth-order valence-corrected chi connectivity index (χ4v) is 11.6.